The van der Waals surface area contributed by atoms with E-state index in [-0.39, 0.29) is 12.1 Å². The molecule has 1 N–H and O–H groups in total. The van der Waals surface area contributed by atoms with Gasteiger partial charge < -0.3 is 20.0 Å². The number of carbonyl (C=O) groups is 1. The van der Waals surface area contributed by atoms with Gasteiger partial charge in [0.1, 0.15) is 0 Å². The summed E-state index contributed by atoms with van der Waals surface area (Å²) in [5.41, 5.74) is 4.05. The van der Waals surface area contributed by atoms with Crippen molar-refractivity contribution in [2.45, 2.75) is 26.0 Å². The molecule has 1 aliphatic rings. The van der Waals surface area contributed by atoms with Gasteiger partial charge in [-0.05, 0) is 42.3 Å². The van der Waals surface area contributed by atoms with Crippen LogP contribution in [0.2, 0.25) is 5.02 Å². The Labute approximate surface area is 177 Å². The van der Waals surface area contributed by atoms with E-state index < -0.39 is 0 Å². The molecule has 0 aromatic heterocycles. The second-order valence-corrected chi connectivity index (χ2v) is 7.69. The third-order valence-corrected chi connectivity index (χ3v) is 4.99. The SMILES string of the molecule is CCNC(=O)N(Cc1cccc(Cl)c1)C[C@@H]1CC(c2ccc(N(C)C)cc2)=NO1. The van der Waals surface area contributed by atoms with Crippen LogP contribution in [-0.4, -0.2) is 49.9 Å². The van der Waals surface area contributed by atoms with Gasteiger partial charge in [0.25, 0.3) is 0 Å². The van der Waals surface area contributed by atoms with Crippen LogP contribution in [0.4, 0.5) is 10.5 Å². The van der Waals surface area contributed by atoms with Crippen LogP contribution in [0.1, 0.15) is 24.5 Å². The molecule has 2 aromatic rings. The number of halogens is 1. The average Bonchev–Trinajstić information content (AvgIpc) is 3.16. The Morgan fingerprint density at radius 2 is 2.00 bits per heavy atom. The molecule has 3 rings (SSSR count). The second kappa shape index (κ2) is 9.65. The van der Waals surface area contributed by atoms with Crippen LogP contribution in [0.25, 0.3) is 0 Å². The largest absolute Gasteiger partial charge is 0.390 e. The zero-order valence-electron chi connectivity index (χ0n) is 17.1. The summed E-state index contributed by atoms with van der Waals surface area (Å²) in [7, 11) is 4.02. The number of carbonyl (C=O) groups excluding carboxylic acids is 1. The number of amides is 2. The van der Waals surface area contributed by atoms with Crippen LogP contribution in [0, 0.1) is 0 Å². The van der Waals surface area contributed by atoms with Crippen molar-refractivity contribution in [2.75, 3.05) is 32.1 Å². The van der Waals surface area contributed by atoms with Gasteiger partial charge in [0, 0.05) is 44.3 Å². The van der Waals surface area contributed by atoms with Crippen molar-refractivity contribution >= 4 is 29.0 Å². The number of urea groups is 1. The summed E-state index contributed by atoms with van der Waals surface area (Å²) in [6, 6.07) is 15.6. The van der Waals surface area contributed by atoms with E-state index in [1.807, 2.05) is 57.4 Å². The minimum absolute atomic E-state index is 0.125. The molecular formula is C22H27ClN4O2. The zero-order valence-corrected chi connectivity index (χ0v) is 17.8. The lowest BCUT2D eigenvalue weighted by Crippen LogP contribution is -2.43. The minimum Gasteiger partial charge on any atom is -0.390 e. The molecule has 1 heterocycles. The quantitative estimate of drug-likeness (QED) is 0.741. The van der Waals surface area contributed by atoms with E-state index in [4.69, 9.17) is 16.4 Å². The highest BCUT2D eigenvalue weighted by molar-refractivity contribution is 6.30. The fourth-order valence-electron chi connectivity index (χ4n) is 3.23. The normalized spacial score (nSPS) is 15.4. The van der Waals surface area contributed by atoms with E-state index in [1.54, 1.807) is 4.90 Å². The first-order valence-electron chi connectivity index (χ1n) is 9.74. The molecule has 0 radical (unpaired) electrons. The molecule has 0 bridgehead atoms. The molecule has 6 nitrogen and oxygen atoms in total. The lowest BCUT2D eigenvalue weighted by molar-refractivity contribution is 0.0590. The topological polar surface area (TPSA) is 57.2 Å². The number of nitrogens with zero attached hydrogens (tertiary/aromatic N) is 3. The first-order valence-corrected chi connectivity index (χ1v) is 10.1. The summed E-state index contributed by atoms with van der Waals surface area (Å²) in [5.74, 6) is 0. The number of nitrogens with one attached hydrogen (secondary N) is 1. The molecule has 0 unspecified atom stereocenters. The molecule has 2 amide bonds. The van der Waals surface area contributed by atoms with Crippen LogP contribution in [-0.2, 0) is 11.4 Å². The monoisotopic (exact) mass is 414 g/mol. The van der Waals surface area contributed by atoms with Crippen molar-refractivity contribution in [3.63, 3.8) is 0 Å². The Balaban J connectivity index is 1.65. The van der Waals surface area contributed by atoms with Crippen LogP contribution in [0.5, 0.6) is 0 Å². The van der Waals surface area contributed by atoms with E-state index in [2.05, 4.69) is 27.5 Å². The molecule has 0 saturated carbocycles. The average molecular weight is 415 g/mol. The van der Waals surface area contributed by atoms with E-state index in [0.29, 0.717) is 31.1 Å². The van der Waals surface area contributed by atoms with Gasteiger partial charge in [0.2, 0.25) is 0 Å². The van der Waals surface area contributed by atoms with Crippen molar-refractivity contribution in [2.24, 2.45) is 5.16 Å². The molecule has 1 atom stereocenters. The number of rotatable bonds is 7. The summed E-state index contributed by atoms with van der Waals surface area (Å²) >= 11 is 6.09. The lowest BCUT2D eigenvalue weighted by atomic mass is 10.0. The summed E-state index contributed by atoms with van der Waals surface area (Å²) in [4.78, 5) is 22.0. The Kier molecular flexibility index (Phi) is 6.99. The Morgan fingerprint density at radius 3 is 2.66 bits per heavy atom. The minimum atomic E-state index is -0.180. The van der Waals surface area contributed by atoms with Crippen molar-refractivity contribution in [3.05, 3.63) is 64.7 Å². The van der Waals surface area contributed by atoms with Gasteiger partial charge in [-0.1, -0.05) is 41.0 Å². The van der Waals surface area contributed by atoms with Gasteiger partial charge in [0.05, 0.1) is 12.3 Å². The first-order chi connectivity index (χ1) is 14.0. The molecule has 2 aromatic carbocycles. The Hall–Kier alpha value is -2.73. The van der Waals surface area contributed by atoms with E-state index in [1.165, 1.54) is 0 Å². The van der Waals surface area contributed by atoms with Crippen molar-refractivity contribution in [1.82, 2.24) is 10.2 Å². The van der Waals surface area contributed by atoms with Gasteiger partial charge in [-0.3, -0.25) is 0 Å². The van der Waals surface area contributed by atoms with E-state index >= 15 is 0 Å². The van der Waals surface area contributed by atoms with Crippen molar-refractivity contribution in [1.29, 1.82) is 0 Å². The standard InChI is InChI=1S/C22H27ClN4O2/c1-4-24-22(28)27(14-16-6-5-7-18(23)12-16)15-20-13-21(25-29-20)17-8-10-19(11-9-17)26(2)3/h5-12,20H,4,13-15H2,1-3H3,(H,24,28)/t20-/m0/s1. The maximum Gasteiger partial charge on any atom is 0.317 e. The van der Waals surface area contributed by atoms with Crippen molar-refractivity contribution < 1.29 is 9.63 Å². The number of hydrogen-bond donors (Lipinski definition) is 1. The molecular weight excluding hydrogens is 388 g/mol. The maximum atomic E-state index is 12.6. The van der Waals surface area contributed by atoms with Crippen LogP contribution < -0.4 is 10.2 Å². The van der Waals surface area contributed by atoms with Crippen LogP contribution in [0.15, 0.2) is 53.7 Å². The number of anilines is 1. The number of benzene rings is 2. The highest BCUT2D eigenvalue weighted by Gasteiger charge is 2.27. The Morgan fingerprint density at radius 1 is 1.24 bits per heavy atom. The maximum absolute atomic E-state index is 12.6. The van der Waals surface area contributed by atoms with Gasteiger partial charge in [-0.2, -0.15) is 0 Å². The van der Waals surface area contributed by atoms with Gasteiger partial charge in [-0.15, -0.1) is 0 Å². The predicted molar refractivity (Wildman–Crippen MR) is 118 cm³/mol. The van der Waals surface area contributed by atoms with Crippen molar-refractivity contribution in [3.8, 4) is 0 Å². The van der Waals surface area contributed by atoms with E-state index in [9.17, 15) is 4.79 Å². The van der Waals surface area contributed by atoms with Crippen LogP contribution >= 0.6 is 11.6 Å². The van der Waals surface area contributed by atoms with Gasteiger partial charge >= 0.3 is 6.03 Å². The Bertz CT molecular complexity index is 867. The second-order valence-electron chi connectivity index (χ2n) is 7.26. The highest BCUT2D eigenvalue weighted by Crippen LogP contribution is 2.21. The molecule has 0 saturated heterocycles. The predicted octanol–water partition coefficient (Wildman–Crippen LogP) is 4.13. The summed E-state index contributed by atoms with van der Waals surface area (Å²) in [6.07, 6.45) is 0.479. The molecule has 7 heteroatoms. The smallest absolute Gasteiger partial charge is 0.317 e. The van der Waals surface area contributed by atoms with Crippen LogP contribution in [0.3, 0.4) is 0 Å². The summed E-state index contributed by atoms with van der Waals surface area (Å²) in [6.45, 7) is 3.37. The summed E-state index contributed by atoms with van der Waals surface area (Å²) in [5, 5.41) is 7.79. The highest BCUT2D eigenvalue weighted by atomic mass is 35.5. The molecule has 154 valence electrons. The summed E-state index contributed by atoms with van der Waals surface area (Å²) < 4.78 is 0. The third kappa shape index (κ3) is 5.64. The first kappa shape index (κ1) is 21.0. The van der Waals surface area contributed by atoms with E-state index in [0.717, 1.165) is 22.5 Å². The fraction of sp³-hybridized carbons (Fsp3) is 0.364. The molecule has 0 spiro atoms. The number of oxime groups is 1. The molecule has 0 fully saturated rings. The zero-order chi connectivity index (χ0) is 20.8. The fourth-order valence-corrected chi connectivity index (χ4v) is 3.45. The molecule has 29 heavy (non-hydrogen) atoms. The molecule has 0 aliphatic carbocycles. The van der Waals surface area contributed by atoms with Gasteiger partial charge in [-0.25, -0.2) is 4.79 Å². The number of hydrogen-bond acceptors (Lipinski definition) is 4. The third-order valence-electron chi connectivity index (χ3n) is 4.75. The van der Waals surface area contributed by atoms with Gasteiger partial charge in [0.15, 0.2) is 6.10 Å². The lowest BCUT2D eigenvalue weighted by Gasteiger charge is -2.25. The molecule has 1 aliphatic heterocycles.